The van der Waals surface area contributed by atoms with Crippen LogP contribution in [0.2, 0.25) is 5.02 Å². The Hall–Kier alpha value is -3.39. The second-order valence-electron chi connectivity index (χ2n) is 7.34. The van der Waals surface area contributed by atoms with E-state index >= 15 is 0 Å². The normalized spacial score (nSPS) is 13.8. The number of hydrogen-bond donors (Lipinski definition) is 2. The first-order chi connectivity index (χ1) is 15.0. The Morgan fingerprint density at radius 1 is 0.968 bits per heavy atom. The molecule has 8 nitrogen and oxygen atoms in total. The number of nitrogens with zero attached hydrogens (tertiary/aromatic N) is 5. The highest BCUT2D eigenvalue weighted by molar-refractivity contribution is 6.30. The number of aromatic nitrogens is 3. The number of carbonyl (C=O) groups is 1. The Balaban J connectivity index is 1.44. The molecule has 0 radical (unpaired) electrons. The summed E-state index contributed by atoms with van der Waals surface area (Å²) < 4.78 is 0. The third-order valence-corrected chi connectivity index (χ3v) is 5.46. The standard InChI is InChI=1S/C22H24ClN7O/c1-15-19(26-16(2)31)4-3-5-20(15)27-21-24-14-25-22(28-21)30-12-10-29(11-13-30)18-8-6-17(23)7-9-18/h3-9,14H,10-13H2,1-2H3,(H,26,31)(H,24,25,27,28). The summed E-state index contributed by atoms with van der Waals surface area (Å²) in [5.41, 5.74) is 3.66. The largest absolute Gasteiger partial charge is 0.368 e. The van der Waals surface area contributed by atoms with Gasteiger partial charge < -0.3 is 20.4 Å². The summed E-state index contributed by atoms with van der Waals surface area (Å²) in [6, 6.07) is 13.6. The lowest BCUT2D eigenvalue weighted by Gasteiger charge is -2.36. The zero-order valence-corrected chi connectivity index (χ0v) is 18.2. The van der Waals surface area contributed by atoms with Crippen molar-refractivity contribution in [2.75, 3.05) is 46.6 Å². The summed E-state index contributed by atoms with van der Waals surface area (Å²) in [6.07, 6.45) is 1.52. The van der Waals surface area contributed by atoms with Gasteiger partial charge in [0.25, 0.3) is 0 Å². The van der Waals surface area contributed by atoms with E-state index in [0.29, 0.717) is 11.9 Å². The summed E-state index contributed by atoms with van der Waals surface area (Å²) >= 11 is 5.99. The van der Waals surface area contributed by atoms with Crippen LogP contribution < -0.4 is 20.4 Å². The van der Waals surface area contributed by atoms with Crippen molar-refractivity contribution in [2.45, 2.75) is 13.8 Å². The molecule has 1 aromatic heterocycles. The Morgan fingerprint density at radius 2 is 1.65 bits per heavy atom. The van der Waals surface area contributed by atoms with Crippen molar-refractivity contribution < 1.29 is 4.79 Å². The molecule has 2 heterocycles. The minimum absolute atomic E-state index is 0.111. The smallest absolute Gasteiger partial charge is 0.232 e. The van der Waals surface area contributed by atoms with Crippen LogP contribution in [0, 0.1) is 6.92 Å². The van der Waals surface area contributed by atoms with Gasteiger partial charge in [0.2, 0.25) is 17.8 Å². The van der Waals surface area contributed by atoms with E-state index < -0.39 is 0 Å². The first-order valence-corrected chi connectivity index (χ1v) is 10.5. The average molecular weight is 438 g/mol. The minimum atomic E-state index is -0.111. The maximum Gasteiger partial charge on any atom is 0.232 e. The third-order valence-electron chi connectivity index (χ3n) is 5.20. The van der Waals surface area contributed by atoms with Crippen molar-refractivity contribution in [3.8, 4) is 0 Å². The van der Waals surface area contributed by atoms with E-state index in [9.17, 15) is 4.79 Å². The van der Waals surface area contributed by atoms with E-state index in [1.165, 1.54) is 13.3 Å². The molecular weight excluding hydrogens is 414 g/mol. The van der Waals surface area contributed by atoms with Crippen LogP contribution in [-0.4, -0.2) is 47.0 Å². The summed E-state index contributed by atoms with van der Waals surface area (Å²) in [5, 5.41) is 6.81. The van der Waals surface area contributed by atoms with Crippen LogP contribution in [0.25, 0.3) is 0 Å². The van der Waals surface area contributed by atoms with Gasteiger partial charge in [-0.15, -0.1) is 0 Å². The number of anilines is 5. The molecule has 1 aliphatic heterocycles. The number of rotatable bonds is 5. The molecule has 0 aliphatic carbocycles. The number of piperazine rings is 1. The molecule has 3 aromatic rings. The third kappa shape index (κ3) is 5.03. The average Bonchev–Trinajstić information content (AvgIpc) is 2.77. The molecule has 0 atom stereocenters. The molecular formula is C22H24ClN7O. The van der Waals surface area contributed by atoms with E-state index in [2.05, 4.69) is 35.4 Å². The van der Waals surface area contributed by atoms with Gasteiger partial charge in [-0.05, 0) is 48.9 Å². The van der Waals surface area contributed by atoms with E-state index in [4.69, 9.17) is 11.6 Å². The maximum atomic E-state index is 11.4. The Kier molecular flexibility index (Phi) is 6.18. The van der Waals surface area contributed by atoms with Crippen molar-refractivity contribution in [1.82, 2.24) is 15.0 Å². The topological polar surface area (TPSA) is 86.3 Å². The molecule has 0 saturated carbocycles. The SMILES string of the molecule is CC(=O)Nc1cccc(Nc2ncnc(N3CCN(c4ccc(Cl)cc4)CC3)n2)c1C. The van der Waals surface area contributed by atoms with Crippen LogP contribution >= 0.6 is 11.6 Å². The molecule has 31 heavy (non-hydrogen) atoms. The lowest BCUT2D eigenvalue weighted by atomic mass is 10.1. The van der Waals surface area contributed by atoms with Crippen LogP contribution in [-0.2, 0) is 4.79 Å². The molecule has 160 valence electrons. The number of amides is 1. The maximum absolute atomic E-state index is 11.4. The van der Waals surface area contributed by atoms with Crippen LogP contribution in [0.15, 0.2) is 48.8 Å². The van der Waals surface area contributed by atoms with Gasteiger partial charge in [0.1, 0.15) is 6.33 Å². The summed E-state index contributed by atoms with van der Waals surface area (Å²) in [4.78, 5) is 29.1. The van der Waals surface area contributed by atoms with Crippen molar-refractivity contribution in [3.63, 3.8) is 0 Å². The number of benzene rings is 2. The van der Waals surface area contributed by atoms with E-state index in [1.54, 1.807) is 0 Å². The highest BCUT2D eigenvalue weighted by atomic mass is 35.5. The van der Waals surface area contributed by atoms with Gasteiger partial charge in [-0.2, -0.15) is 4.98 Å². The highest BCUT2D eigenvalue weighted by Crippen LogP contribution is 2.26. The van der Waals surface area contributed by atoms with E-state index in [0.717, 1.165) is 53.8 Å². The zero-order chi connectivity index (χ0) is 21.8. The van der Waals surface area contributed by atoms with Crippen LogP contribution in [0.3, 0.4) is 0 Å². The second kappa shape index (κ2) is 9.18. The molecule has 1 fully saturated rings. The predicted molar refractivity (Wildman–Crippen MR) is 124 cm³/mol. The highest BCUT2D eigenvalue weighted by Gasteiger charge is 2.20. The molecule has 1 amide bonds. The zero-order valence-electron chi connectivity index (χ0n) is 17.5. The first-order valence-electron chi connectivity index (χ1n) is 10.1. The lowest BCUT2D eigenvalue weighted by molar-refractivity contribution is -0.114. The number of halogens is 1. The van der Waals surface area contributed by atoms with Crippen molar-refractivity contribution in [3.05, 3.63) is 59.4 Å². The fourth-order valence-electron chi connectivity index (χ4n) is 3.53. The molecule has 0 bridgehead atoms. The minimum Gasteiger partial charge on any atom is -0.368 e. The van der Waals surface area contributed by atoms with Gasteiger partial charge in [0, 0.05) is 55.2 Å². The first kappa shape index (κ1) is 20.9. The van der Waals surface area contributed by atoms with Gasteiger partial charge in [-0.1, -0.05) is 17.7 Å². The number of hydrogen-bond acceptors (Lipinski definition) is 7. The van der Waals surface area contributed by atoms with Gasteiger partial charge in [-0.3, -0.25) is 4.79 Å². The molecule has 4 rings (SSSR count). The Bertz CT molecular complexity index is 1070. The molecule has 2 N–H and O–H groups in total. The molecule has 0 unspecified atom stereocenters. The summed E-state index contributed by atoms with van der Waals surface area (Å²) in [7, 11) is 0. The molecule has 0 spiro atoms. The fourth-order valence-corrected chi connectivity index (χ4v) is 3.66. The van der Waals surface area contributed by atoms with Gasteiger partial charge in [0.05, 0.1) is 0 Å². The summed E-state index contributed by atoms with van der Waals surface area (Å²) in [6.45, 7) is 6.78. The van der Waals surface area contributed by atoms with Crippen molar-refractivity contribution >= 4 is 46.5 Å². The van der Waals surface area contributed by atoms with Gasteiger partial charge in [0.15, 0.2) is 0 Å². The van der Waals surface area contributed by atoms with Gasteiger partial charge in [-0.25, -0.2) is 9.97 Å². The van der Waals surface area contributed by atoms with Crippen molar-refractivity contribution in [1.29, 1.82) is 0 Å². The lowest BCUT2D eigenvalue weighted by Crippen LogP contribution is -2.47. The molecule has 2 aromatic carbocycles. The Morgan fingerprint density at radius 3 is 2.35 bits per heavy atom. The Labute approximate surface area is 186 Å². The summed E-state index contributed by atoms with van der Waals surface area (Å²) in [5.74, 6) is 0.998. The van der Waals surface area contributed by atoms with Crippen LogP contribution in [0.1, 0.15) is 12.5 Å². The predicted octanol–water partition coefficient (Wildman–Crippen LogP) is 3.86. The quantitative estimate of drug-likeness (QED) is 0.626. The fraction of sp³-hybridized carbons (Fsp3) is 0.273. The molecule has 9 heteroatoms. The second-order valence-corrected chi connectivity index (χ2v) is 7.78. The van der Waals surface area contributed by atoms with Gasteiger partial charge >= 0.3 is 0 Å². The number of carbonyl (C=O) groups excluding carboxylic acids is 1. The van der Waals surface area contributed by atoms with E-state index in [1.807, 2.05) is 49.4 Å². The van der Waals surface area contributed by atoms with Crippen LogP contribution in [0.4, 0.5) is 29.0 Å². The van der Waals surface area contributed by atoms with E-state index in [-0.39, 0.29) is 5.91 Å². The monoisotopic (exact) mass is 437 g/mol. The molecule has 1 aliphatic rings. The molecule has 1 saturated heterocycles. The van der Waals surface area contributed by atoms with Crippen LogP contribution in [0.5, 0.6) is 0 Å². The number of nitrogens with one attached hydrogen (secondary N) is 2. The van der Waals surface area contributed by atoms with Crippen molar-refractivity contribution in [2.24, 2.45) is 0 Å².